The third kappa shape index (κ3) is 3.21. The van der Waals surface area contributed by atoms with E-state index in [9.17, 15) is 0 Å². The van der Waals surface area contributed by atoms with Gasteiger partial charge >= 0.3 is 0 Å². The molecule has 0 atom stereocenters. The normalized spacial score (nSPS) is 13.4. The molecule has 146 valence electrons. The quantitative estimate of drug-likeness (QED) is 0.689. The first kappa shape index (κ1) is 18.4. The molecule has 1 aromatic heterocycles. The lowest BCUT2D eigenvalue weighted by Gasteiger charge is -2.12. The minimum absolute atomic E-state index is 0.801. The number of ether oxygens (including phenoxy) is 2. The maximum absolute atomic E-state index is 5.66. The second-order valence-corrected chi connectivity index (χ2v) is 7.02. The van der Waals surface area contributed by atoms with Gasteiger partial charge in [0.25, 0.3) is 0 Å². The number of aryl methyl sites for hydroxylation is 1. The molecular formula is C23H27N3O2. The molecule has 0 bridgehead atoms. The van der Waals surface area contributed by atoms with Crippen LogP contribution in [0.5, 0.6) is 11.5 Å². The summed E-state index contributed by atoms with van der Waals surface area (Å²) in [4.78, 5) is 0. The number of benzene rings is 2. The van der Waals surface area contributed by atoms with Gasteiger partial charge in [0, 0.05) is 17.7 Å². The summed E-state index contributed by atoms with van der Waals surface area (Å²) in [5, 5.41) is 8.71. The third-order valence-corrected chi connectivity index (χ3v) is 5.39. The molecule has 2 aromatic carbocycles. The van der Waals surface area contributed by atoms with Gasteiger partial charge in [-0.25, -0.2) is 4.68 Å². The van der Waals surface area contributed by atoms with Gasteiger partial charge in [-0.1, -0.05) is 25.1 Å². The largest absolute Gasteiger partial charge is 0.497 e. The topological polar surface area (TPSA) is 48.3 Å². The summed E-state index contributed by atoms with van der Waals surface area (Å²) in [5.74, 6) is 2.70. The van der Waals surface area contributed by atoms with E-state index in [1.807, 2.05) is 18.2 Å². The van der Waals surface area contributed by atoms with Crippen molar-refractivity contribution in [1.82, 2.24) is 9.78 Å². The number of rotatable bonds is 5. The number of para-hydroxylation sites is 1. The lowest BCUT2D eigenvalue weighted by atomic mass is 10.0. The fourth-order valence-electron chi connectivity index (χ4n) is 3.91. The van der Waals surface area contributed by atoms with Gasteiger partial charge in [0.2, 0.25) is 0 Å². The van der Waals surface area contributed by atoms with Crippen molar-refractivity contribution >= 4 is 5.82 Å². The van der Waals surface area contributed by atoms with Crippen LogP contribution in [-0.2, 0) is 12.8 Å². The van der Waals surface area contributed by atoms with Gasteiger partial charge in [-0.3, -0.25) is 0 Å². The molecule has 4 rings (SSSR count). The molecule has 0 aliphatic carbocycles. The molecule has 0 radical (unpaired) electrons. The van der Waals surface area contributed by atoms with Crippen molar-refractivity contribution in [1.29, 1.82) is 0 Å². The minimum Gasteiger partial charge on any atom is -0.497 e. The van der Waals surface area contributed by atoms with Gasteiger partial charge in [0.15, 0.2) is 0 Å². The van der Waals surface area contributed by atoms with Crippen molar-refractivity contribution in [3.8, 4) is 28.4 Å². The molecule has 2 heterocycles. The van der Waals surface area contributed by atoms with E-state index in [4.69, 9.17) is 14.6 Å². The lowest BCUT2D eigenvalue weighted by Crippen LogP contribution is -2.08. The Kier molecular flexibility index (Phi) is 5.24. The second-order valence-electron chi connectivity index (χ2n) is 7.02. The number of aromatic nitrogens is 2. The van der Waals surface area contributed by atoms with Gasteiger partial charge < -0.3 is 14.8 Å². The van der Waals surface area contributed by atoms with E-state index in [-0.39, 0.29) is 0 Å². The fraction of sp³-hybridized carbons (Fsp3) is 0.348. The SMILES string of the molecule is CCc1ccccc1-n1nc(-c2cc(OC)ccc2OC)c2c1NCCCC2. The molecule has 0 unspecified atom stereocenters. The highest BCUT2D eigenvalue weighted by Crippen LogP contribution is 2.40. The number of anilines is 1. The van der Waals surface area contributed by atoms with Gasteiger partial charge in [0.1, 0.15) is 23.0 Å². The van der Waals surface area contributed by atoms with E-state index in [1.54, 1.807) is 14.2 Å². The number of nitrogens with zero attached hydrogens (tertiary/aromatic N) is 2. The Hall–Kier alpha value is -2.95. The van der Waals surface area contributed by atoms with E-state index in [1.165, 1.54) is 11.1 Å². The minimum atomic E-state index is 0.801. The predicted octanol–water partition coefficient (Wildman–Crippen LogP) is 4.87. The standard InChI is InChI=1S/C23H27N3O2/c1-4-16-9-5-6-11-20(16)26-23-18(10-7-8-14-24-23)22(25-26)19-15-17(27-2)12-13-21(19)28-3/h5-6,9,11-13,15,24H,4,7-8,10,14H2,1-3H3. The van der Waals surface area contributed by atoms with Crippen LogP contribution in [-0.4, -0.2) is 30.5 Å². The van der Waals surface area contributed by atoms with Crippen LogP contribution in [0, 0.1) is 0 Å². The molecule has 1 aliphatic heterocycles. The maximum atomic E-state index is 5.66. The molecule has 0 amide bonds. The number of fused-ring (bicyclic) bond motifs is 1. The predicted molar refractivity (Wildman–Crippen MR) is 113 cm³/mol. The molecule has 5 nitrogen and oxygen atoms in total. The van der Waals surface area contributed by atoms with Gasteiger partial charge in [-0.05, 0) is 55.5 Å². The summed E-state index contributed by atoms with van der Waals surface area (Å²) in [6.45, 7) is 3.14. The summed E-state index contributed by atoms with van der Waals surface area (Å²) in [7, 11) is 3.38. The first-order chi connectivity index (χ1) is 13.8. The number of nitrogens with one attached hydrogen (secondary N) is 1. The Morgan fingerprint density at radius 1 is 1.07 bits per heavy atom. The Bertz CT molecular complexity index is 978. The zero-order valence-electron chi connectivity index (χ0n) is 16.8. The van der Waals surface area contributed by atoms with Crippen LogP contribution in [0.1, 0.15) is 30.9 Å². The zero-order valence-corrected chi connectivity index (χ0v) is 16.8. The smallest absolute Gasteiger partial charge is 0.133 e. The fourth-order valence-corrected chi connectivity index (χ4v) is 3.91. The van der Waals surface area contributed by atoms with Crippen molar-refractivity contribution in [3.63, 3.8) is 0 Å². The summed E-state index contributed by atoms with van der Waals surface area (Å²) in [5.41, 5.74) is 5.59. The van der Waals surface area contributed by atoms with Crippen LogP contribution in [0.2, 0.25) is 0 Å². The molecule has 0 saturated heterocycles. The van der Waals surface area contributed by atoms with Crippen LogP contribution >= 0.6 is 0 Å². The highest BCUT2D eigenvalue weighted by molar-refractivity contribution is 5.77. The Morgan fingerprint density at radius 2 is 1.93 bits per heavy atom. The molecule has 5 heteroatoms. The summed E-state index contributed by atoms with van der Waals surface area (Å²) in [6.07, 6.45) is 4.24. The molecule has 0 spiro atoms. The molecule has 28 heavy (non-hydrogen) atoms. The van der Waals surface area contributed by atoms with E-state index < -0.39 is 0 Å². The first-order valence-corrected chi connectivity index (χ1v) is 9.93. The number of hydrogen-bond acceptors (Lipinski definition) is 4. The van der Waals surface area contributed by atoms with Crippen LogP contribution in [0.15, 0.2) is 42.5 Å². The van der Waals surface area contributed by atoms with Crippen molar-refractivity contribution in [2.75, 3.05) is 26.1 Å². The lowest BCUT2D eigenvalue weighted by molar-refractivity contribution is 0.404. The van der Waals surface area contributed by atoms with E-state index in [0.717, 1.165) is 66.5 Å². The summed E-state index contributed by atoms with van der Waals surface area (Å²) >= 11 is 0. The number of hydrogen-bond donors (Lipinski definition) is 1. The first-order valence-electron chi connectivity index (χ1n) is 9.93. The van der Waals surface area contributed by atoms with Crippen molar-refractivity contribution in [2.24, 2.45) is 0 Å². The average Bonchev–Trinajstić information content (AvgIpc) is 2.93. The molecule has 3 aromatic rings. The van der Waals surface area contributed by atoms with E-state index >= 15 is 0 Å². The van der Waals surface area contributed by atoms with E-state index in [2.05, 4.69) is 41.2 Å². The molecule has 0 saturated carbocycles. The van der Waals surface area contributed by atoms with Crippen LogP contribution < -0.4 is 14.8 Å². The molecule has 1 aliphatic rings. The molecular weight excluding hydrogens is 350 g/mol. The van der Waals surface area contributed by atoms with Crippen LogP contribution in [0.25, 0.3) is 16.9 Å². The average molecular weight is 377 g/mol. The maximum Gasteiger partial charge on any atom is 0.133 e. The highest BCUT2D eigenvalue weighted by Gasteiger charge is 2.24. The van der Waals surface area contributed by atoms with Gasteiger partial charge in [0.05, 0.1) is 19.9 Å². The monoisotopic (exact) mass is 377 g/mol. The molecule has 0 fully saturated rings. The molecule has 1 N–H and O–H groups in total. The summed E-state index contributed by atoms with van der Waals surface area (Å²) < 4.78 is 13.2. The Labute approximate surface area is 166 Å². The van der Waals surface area contributed by atoms with Crippen LogP contribution in [0.4, 0.5) is 5.82 Å². The van der Waals surface area contributed by atoms with Crippen molar-refractivity contribution in [2.45, 2.75) is 32.6 Å². The third-order valence-electron chi connectivity index (χ3n) is 5.39. The number of methoxy groups -OCH3 is 2. The van der Waals surface area contributed by atoms with Gasteiger partial charge in [-0.15, -0.1) is 0 Å². The Balaban J connectivity index is 1.96. The summed E-state index contributed by atoms with van der Waals surface area (Å²) in [6, 6.07) is 14.4. The van der Waals surface area contributed by atoms with Crippen LogP contribution in [0.3, 0.4) is 0 Å². The second kappa shape index (κ2) is 7.97. The van der Waals surface area contributed by atoms with Crippen molar-refractivity contribution in [3.05, 3.63) is 53.6 Å². The highest BCUT2D eigenvalue weighted by atomic mass is 16.5. The van der Waals surface area contributed by atoms with Crippen molar-refractivity contribution < 1.29 is 9.47 Å². The van der Waals surface area contributed by atoms with E-state index in [0.29, 0.717) is 0 Å². The Morgan fingerprint density at radius 3 is 2.71 bits per heavy atom. The van der Waals surface area contributed by atoms with Gasteiger partial charge in [-0.2, -0.15) is 5.10 Å². The zero-order chi connectivity index (χ0) is 19.5.